The van der Waals surface area contributed by atoms with E-state index in [0.29, 0.717) is 17.5 Å². The van der Waals surface area contributed by atoms with Gasteiger partial charge in [0.25, 0.3) is 0 Å². The average Bonchev–Trinajstić information content (AvgIpc) is 3.38. The molecule has 3 fully saturated rings. The smallest absolute Gasteiger partial charge is 0.303 e. The maximum Gasteiger partial charge on any atom is 0.303 e. The third kappa shape index (κ3) is 7.52. The Balaban J connectivity index is 1.43. The van der Waals surface area contributed by atoms with Gasteiger partial charge < -0.3 is 24.8 Å². The van der Waals surface area contributed by atoms with Crippen molar-refractivity contribution in [2.45, 2.75) is 109 Å². The monoisotopic (exact) mass is 474 g/mol. The lowest BCUT2D eigenvalue weighted by molar-refractivity contribution is -0.143. The number of esters is 1. The molecule has 0 radical (unpaired) electrons. The zero-order chi connectivity index (χ0) is 24.9. The Morgan fingerprint density at radius 3 is 2.65 bits per heavy atom. The molecule has 1 amide bonds. The molecule has 1 spiro atoms. The number of ether oxygens (including phenoxy) is 3. The molecule has 3 heterocycles. The highest BCUT2D eigenvalue weighted by Gasteiger charge is 2.52. The van der Waals surface area contributed by atoms with E-state index < -0.39 is 6.10 Å². The van der Waals surface area contributed by atoms with E-state index in [1.54, 1.807) is 13.0 Å². The van der Waals surface area contributed by atoms with Crippen LogP contribution in [0.4, 0.5) is 0 Å². The van der Waals surface area contributed by atoms with Crippen LogP contribution in [0.25, 0.3) is 0 Å². The minimum Gasteiger partial charge on any atom is -0.459 e. The van der Waals surface area contributed by atoms with Gasteiger partial charge in [-0.3, -0.25) is 9.59 Å². The second-order valence-corrected chi connectivity index (χ2v) is 10.3. The molecule has 8 unspecified atom stereocenters. The van der Waals surface area contributed by atoms with Gasteiger partial charge in [-0.1, -0.05) is 30.7 Å². The molecule has 3 aliphatic rings. The minimum absolute atomic E-state index is 0.0494. The van der Waals surface area contributed by atoms with Crippen LogP contribution in [-0.4, -0.2) is 60.5 Å². The molecule has 3 saturated heterocycles. The summed E-state index contributed by atoms with van der Waals surface area (Å²) in [6.07, 6.45) is 13.2. The molecule has 7 nitrogen and oxygen atoms in total. The van der Waals surface area contributed by atoms with Crippen LogP contribution in [0, 0.1) is 5.92 Å². The van der Waals surface area contributed by atoms with Crippen LogP contribution in [0.5, 0.6) is 0 Å². The number of amides is 1. The zero-order valence-corrected chi connectivity index (χ0v) is 21.5. The third-order valence-corrected chi connectivity index (χ3v) is 7.36. The number of hydrogen-bond acceptors (Lipinski definition) is 6. The molecule has 3 aliphatic heterocycles. The summed E-state index contributed by atoms with van der Waals surface area (Å²) < 4.78 is 17.2. The first-order valence-corrected chi connectivity index (χ1v) is 12.6. The zero-order valence-electron chi connectivity index (χ0n) is 21.5. The van der Waals surface area contributed by atoms with Crippen molar-refractivity contribution >= 4 is 11.9 Å². The quantitative estimate of drug-likeness (QED) is 0.242. The molecule has 3 rings (SSSR count). The van der Waals surface area contributed by atoms with Gasteiger partial charge in [0.2, 0.25) is 5.91 Å². The molecule has 2 N–H and O–H groups in total. The summed E-state index contributed by atoms with van der Waals surface area (Å²) in [6.45, 7) is 12.4. The Labute approximate surface area is 204 Å². The van der Waals surface area contributed by atoms with E-state index in [-0.39, 0.29) is 36.2 Å². The van der Waals surface area contributed by atoms with Crippen molar-refractivity contribution in [1.82, 2.24) is 10.6 Å². The second-order valence-electron chi connectivity index (χ2n) is 10.3. The number of carbonyl (C=O) groups is 2. The molecule has 190 valence electrons. The van der Waals surface area contributed by atoms with Crippen LogP contribution < -0.4 is 10.6 Å². The standard InChI is InChI=1S/C27H42N2O5/c1-17(7-10-23-16-27(13-14-32-23)21(5)29-27)8-11-25-18(2)15-24(20(4)34-25)28-26(31)12-9-19(3)33-22(6)30/h7-10,12,18-21,23-25,29H,11,13-16H2,1-6H3,(H,28,31). The molecule has 0 saturated carbocycles. The van der Waals surface area contributed by atoms with E-state index in [4.69, 9.17) is 14.2 Å². The fourth-order valence-corrected chi connectivity index (χ4v) is 5.05. The molecule has 0 aromatic heterocycles. The number of carbonyl (C=O) groups excluding carboxylic acids is 2. The van der Waals surface area contributed by atoms with Crippen LogP contribution in [0.2, 0.25) is 0 Å². The van der Waals surface area contributed by atoms with Crippen LogP contribution in [0.1, 0.15) is 67.2 Å². The predicted molar refractivity (Wildman–Crippen MR) is 132 cm³/mol. The van der Waals surface area contributed by atoms with Crippen molar-refractivity contribution < 1.29 is 23.8 Å². The van der Waals surface area contributed by atoms with E-state index >= 15 is 0 Å². The SMILES string of the molecule is CC(=O)OC(C)C=CC(=O)NC1CC(C)C(CC=C(C)C=CC2CC3(CCO2)NC3C)OC1C. The van der Waals surface area contributed by atoms with Gasteiger partial charge in [0.15, 0.2) is 0 Å². The lowest BCUT2D eigenvalue weighted by Gasteiger charge is -2.39. The van der Waals surface area contributed by atoms with Crippen molar-refractivity contribution in [3.05, 3.63) is 36.0 Å². The Kier molecular flexibility index (Phi) is 9.13. The van der Waals surface area contributed by atoms with Crippen LogP contribution in [0.15, 0.2) is 36.0 Å². The highest BCUT2D eigenvalue weighted by atomic mass is 16.5. The topological polar surface area (TPSA) is 95.8 Å². The van der Waals surface area contributed by atoms with Crippen molar-refractivity contribution in [2.75, 3.05) is 6.61 Å². The summed E-state index contributed by atoms with van der Waals surface area (Å²) in [5.41, 5.74) is 1.51. The first kappa shape index (κ1) is 26.6. The predicted octanol–water partition coefficient (Wildman–Crippen LogP) is 3.59. The van der Waals surface area contributed by atoms with Crippen molar-refractivity contribution in [2.24, 2.45) is 5.92 Å². The van der Waals surface area contributed by atoms with E-state index in [2.05, 4.69) is 49.6 Å². The van der Waals surface area contributed by atoms with Gasteiger partial charge in [0, 0.05) is 31.2 Å². The van der Waals surface area contributed by atoms with E-state index in [1.165, 1.54) is 18.6 Å². The van der Waals surface area contributed by atoms with Crippen LogP contribution in [-0.2, 0) is 23.8 Å². The molecular weight excluding hydrogens is 432 g/mol. The molecular formula is C27H42N2O5. The van der Waals surface area contributed by atoms with Gasteiger partial charge in [0.1, 0.15) is 6.10 Å². The van der Waals surface area contributed by atoms with Crippen molar-refractivity contribution in [3.8, 4) is 0 Å². The van der Waals surface area contributed by atoms with Crippen LogP contribution in [0.3, 0.4) is 0 Å². The second kappa shape index (κ2) is 11.6. The van der Waals surface area contributed by atoms with Gasteiger partial charge in [0.05, 0.1) is 24.4 Å². The van der Waals surface area contributed by atoms with Gasteiger partial charge in [-0.2, -0.15) is 0 Å². The van der Waals surface area contributed by atoms with Crippen molar-refractivity contribution in [3.63, 3.8) is 0 Å². The summed E-state index contributed by atoms with van der Waals surface area (Å²) in [7, 11) is 0. The van der Waals surface area contributed by atoms with E-state index in [0.717, 1.165) is 32.3 Å². The lowest BCUT2D eigenvalue weighted by atomic mass is 9.88. The third-order valence-electron chi connectivity index (χ3n) is 7.36. The first-order chi connectivity index (χ1) is 16.1. The number of allylic oxidation sites excluding steroid dienone is 2. The highest BCUT2D eigenvalue weighted by molar-refractivity contribution is 5.87. The largest absolute Gasteiger partial charge is 0.459 e. The van der Waals surface area contributed by atoms with Gasteiger partial charge in [-0.05, 0) is 65.4 Å². The first-order valence-electron chi connectivity index (χ1n) is 12.6. The van der Waals surface area contributed by atoms with Gasteiger partial charge in [-0.15, -0.1) is 0 Å². The molecule has 0 aromatic carbocycles. The fourth-order valence-electron chi connectivity index (χ4n) is 5.05. The summed E-state index contributed by atoms with van der Waals surface area (Å²) in [5.74, 6) is -0.247. The normalized spacial score (nSPS) is 37.2. The van der Waals surface area contributed by atoms with Crippen molar-refractivity contribution in [1.29, 1.82) is 0 Å². The Morgan fingerprint density at radius 1 is 1.24 bits per heavy atom. The van der Waals surface area contributed by atoms with Gasteiger partial charge in [-0.25, -0.2) is 0 Å². The Morgan fingerprint density at radius 2 is 1.97 bits per heavy atom. The molecule has 34 heavy (non-hydrogen) atoms. The Hall–Kier alpha value is -1.96. The summed E-state index contributed by atoms with van der Waals surface area (Å²) in [5, 5.41) is 6.61. The summed E-state index contributed by atoms with van der Waals surface area (Å²) in [4.78, 5) is 23.3. The maximum absolute atomic E-state index is 12.3. The van der Waals surface area contributed by atoms with E-state index in [9.17, 15) is 9.59 Å². The molecule has 8 atom stereocenters. The average molecular weight is 475 g/mol. The van der Waals surface area contributed by atoms with Gasteiger partial charge >= 0.3 is 5.97 Å². The highest BCUT2D eigenvalue weighted by Crippen LogP contribution is 2.39. The van der Waals surface area contributed by atoms with E-state index in [1.807, 2.05) is 6.92 Å². The minimum atomic E-state index is -0.435. The lowest BCUT2D eigenvalue weighted by Crippen LogP contribution is -2.50. The number of hydrogen-bond donors (Lipinski definition) is 2. The number of nitrogens with one attached hydrogen (secondary N) is 2. The summed E-state index contributed by atoms with van der Waals surface area (Å²) in [6, 6.07) is 0.552. The Bertz CT molecular complexity index is 822. The number of rotatable bonds is 8. The molecule has 0 aromatic rings. The summed E-state index contributed by atoms with van der Waals surface area (Å²) >= 11 is 0. The maximum atomic E-state index is 12.3. The fraction of sp³-hybridized carbons (Fsp3) is 0.704. The van der Waals surface area contributed by atoms with Crippen LogP contribution >= 0.6 is 0 Å². The molecule has 0 bridgehead atoms. The molecule has 7 heteroatoms. The molecule has 0 aliphatic carbocycles.